The molecular weight excluding hydrogens is 349 g/mol. The van der Waals surface area contributed by atoms with Gasteiger partial charge in [-0.05, 0) is 34.1 Å². The van der Waals surface area contributed by atoms with Crippen molar-refractivity contribution in [2.45, 2.75) is 0 Å². The van der Waals surface area contributed by atoms with Gasteiger partial charge in [0.05, 0.1) is 9.40 Å². The van der Waals surface area contributed by atoms with Crippen LogP contribution in [-0.4, -0.2) is 16.0 Å². The first kappa shape index (κ1) is 14.9. The quantitative estimate of drug-likeness (QED) is 0.661. The number of rotatable bonds is 4. The van der Waals surface area contributed by atoms with Crippen molar-refractivity contribution in [1.82, 2.24) is 0 Å². The first-order valence-corrected chi connectivity index (χ1v) is 6.33. The highest BCUT2D eigenvalue weighted by Crippen LogP contribution is 2.34. The van der Waals surface area contributed by atoms with Gasteiger partial charge in [-0.25, -0.2) is 9.18 Å². The molecule has 0 aromatic heterocycles. The first-order valence-electron chi connectivity index (χ1n) is 5.53. The van der Waals surface area contributed by atoms with Gasteiger partial charge in [-0.2, -0.15) is 0 Å². The summed E-state index contributed by atoms with van der Waals surface area (Å²) < 4.78 is 18.7. The molecule has 0 aliphatic heterocycles. The van der Waals surface area contributed by atoms with Crippen LogP contribution in [0.4, 0.5) is 10.1 Å². The summed E-state index contributed by atoms with van der Waals surface area (Å²) in [6.45, 7) is 0. The van der Waals surface area contributed by atoms with E-state index >= 15 is 0 Å². The highest BCUT2D eigenvalue weighted by atomic mass is 79.9. The molecular formula is C13H7BrFNO5. The minimum atomic E-state index is -1.39. The highest BCUT2D eigenvalue weighted by molar-refractivity contribution is 9.10. The smallest absolute Gasteiger partial charge is 0.339 e. The number of aromatic carboxylic acids is 1. The molecule has 2 aromatic carbocycles. The van der Waals surface area contributed by atoms with Gasteiger partial charge in [0, 0.05) is 12.1 Å². The van der Waals surface area contributed by atoms with Crippen LogP contribution in [0, 0.1) is 15.9 Å². The molecule has 108 valence electrons. The maximum absolute atomic E-state index is 13.4. The normalized spacial score (nSPS) is 10.2. The van der Waals surface area contributed by atoms with Gasteiger partial charge < -0.3 is 9.84 Å². The predicted octanol–water partition coefficient (Wildman–Crippen LogP) is 3.99. The number of halogens is 2. The number of carbonyl (C=O) groups is 1. The molecule has 0 bridgehead atoms. The van der Waals surface area contributed by atoms with Crippen molar-refractivity contribution >= 4 is 27.6 Å². The topological polar surface area (TPSA) is 89.7 Å². The lowest BCUT2D eigenvalue weighted by Crippen LogP contribution is -2.02. The Kier molecular flexibility index (Phi) is 4.18. The van der Waals surface area contributed by atoms with Gasteiger partial charge in [-0.1, -0.05) is 6.07 Å². The van der Waals surface area contributed by atoms with Gasteiger partial charge in [-0.15, -0.1) is 0 Å². The van der Waals surface area contributed by atoms with Crippen LogP contribution >= 0.6 is 15.9 Å². The molecule has 0 fully saturated rings. The lowest BCUT2D eigenvalue weighted by atomic mass is 10.2. The van der Waals surface area contributed by atoms with Crippen LogP contribution in [0.5, 0.6) is 11.5 Å². The first-order chi connectivity index (χ1) is 9.90. The van der Waals surface area contributed by atoms with Crippen LogP contribution in [0.1, 0.15) is 10.4 Å². The second-order valence-electron chi connectivity index (χ2n) is 3.90. The lowest BCUT2D eigenvalue weighted by Gasteiger charge is -2.10. The van der Waals surface area contributed by atoms with E-state index in [9.17, 15) is 19.3 Å². The summed E-state index contributed by atoms with van der Waals surface area (Å²) >= 11 is 2.98. The van der Waals surface area contributed by atoms with Crippen LogP contribution in [-0.2, 0) is 0 Å². The minimum absolute atomic E-state index is 0.0275. The molecule has 0 aliphatic carbocycles. The lowest BCUT2D eigenvalue weighted by molar-refractivity contribution is -0.384. The van der Waals surface area contributed by atoms with E-state index in [4.69, 9.17) is 9.84 Å². The summed E-state index contributed by atoms with van der Waals surface area (Å²) in [5, 5.41) is 19.7. The molecule has 0 radical (unpaired) electrons. The number of hydrogen-bond donors (Lipinski definition) is 1. The molecule has 2 aromatic rings. The zero-order chi connectivity index (χ0) is 15.6. The maximum Gasteiger partial charge on any atom is 0.339 e. The van der Waals surface area contributed by atoms with E-state index in [1.54, 1.807) is 0 Å². The summed E-state index contributed by atoms with van der Waals surface area (Å²) in [6, 6.07) is 7.16. The van der Waals surface area contributed by atoms with Crippen molar-refractivity contribution in [3.8, 4) is 11.5 Å². The number of carboxylic acid groups (broad SMARTS) is 1. The van der Waals surface area contributed by atoms with Gasteiger partial charge in [0.15, 0.2) is 0 Å². The minimum Gasteiger partial charge on any atom is -0.478 e. The van der Waals surface area contributed by atoms with Crippen LogP contribution in [0.2, 0.25) is 0 Å². The largest absolute Gasteiger partial charge is 0.478 e. The Morgan fingerprint density at radius 2 is 2.00 bits per heavy atom. The molecule has 0 saturated heterocycles. The van der Waals surface area contributed by atoms with E-state index in [1.807, 2.05) is 0 Å². The van der Waals surface area contributed by atoms with E-state index in [2.05, 4.69) is 15.9 Å². The molecule has 21 heavy (non-hydrogen) atoms. The molecule has 0 amide bonds. The second-order valence-corrected chi connectivity index (χ2v) is 4.69. The third-order valence-corrected chi connectivity index (χ3v) is 3.31. The average molecular weight is 356 g/mol. The molecule has 0 atom stereocenters. The van der Waals surface area contributed by atoms with Crippen LogP contribution < -0.4 is 4.74 Å². The highest BCUT2D eigenvalue weighted by Gasteiger charge is 2.18. The number of hydrogen-bond acceptors (Lipinski definition) is 4. The fourth-order valence-electron chi connectivity index (χ4n) is 1.57. The summed E-state index contributed by atoms with van der Waals surface area (Å²) in [4.78, 5) is 21.1. The standard InChI is InChI=1S/C13H7BrFNO5/c14-12-9(15)2-1-3-11(12)21-10-5-4-7(16(19)20)6-8(10)13(17)18/h1-6H,(H,17,18). The van der Waals surface area contributed by atoms with Crippen molar-refractivity contribution in [3.05, 3.63) is 62.4 Å². The number of benzene rings is 2. The molecule has 0 unspecified atom stereocenters. The van der Waals surface area contributed by atoms with Crippen molar-refractivity contribution in [2.75, 3.05) is 0 Å². The summed E-state index contributed by atoms with van der Waals surface area (Å²) in [5.74, 6) is -2.03. The third kappa shape index (κ3) is 3.16. The number of nitro groups is 1. The Morgan fingerprint density at radius 3 is 2.62 bits per heavy atom. The van der Waals surface area contributed by atoms with Crippen LogP contribution in [0.3, 0.4) is 0 Å². The van der Waals surface area contributed by atoms with Gasteiger partial charge in [-0.3, -0.25) is 10.1 Å². The van der Waals surface area contributed by atoms with E-state index in [0.717, 1.165) is 18.2 Å². The monoisotopic (exact) mass is 355 g/mol. The Bertz CT molecular complexity index is 734. The van der Waals surface area contributed by atoms with Gasteiger partial charge in [0.1, 0.15) is 22.9 Å². The number of carboxylic acids is 1. The fourth-order valence-corrected chi connectivity index (χ4v) is 1.91. The van der Waals surface area contributed by atoms with Crippen molar-refractivity contribution in [3.63, 3.8) is 0 Å². The zero-order valence-corrected chi connectivity index (χ0v) is 11.8. The SMILES string of the molecule is O=C(O)c1cc([N+](=O)[O-])ccc1Oc1cccc(F)c1Br. The van der Waals surface area contributed by atoms with Crippen molar-refractivity contribution in [1.29, 1.82) is 0 Å². The Balaban J connectivity index is 2.46. The number of nitrogens with zero attached hydrogens (tertiary/aromatic N) is 1. The summed E-state index contributed by atoms with van der Waals surface area (Å²) in [6.07, 6.45) is 0. The van der Waals surface area contributed by atoms with Gasteiger partial charge in [0.2, 0.25) is 0 Å². The molecule has 8 heteroatoms. The van der Waals surface area contributed by atoms with Crippen LogP contribution in [0.15, 0.2) is 40.9 Å². The van der Waals surface area contributed by atoms with Gasteiger partial charge >= 0.3 is 5.97 Å². The Labute approximate surface area is 126 Å². The number of nitro benzene ring substituents is 1. The third-order valence-electron chi connectivity index (χ3n) is 2.54. The van der Waals surface area contributed by atoms with Crippen molar-refractivity contribution in [2.24, 2.45) is 0 Å². The maximum atomic E-state index is 13.4. The molecule has 0 heterocycles. The molecule has 0 spiro atoms. The second kappa shape index (κ2) is 5.88. The fraction of sp³-hybridized carbons (Fsp3) is 0. The molecule has 0 aliphatic rings. The Morgan fingerprint density at radius 1 is 1.29 bits per heavy atom. The van der Waals surface area contributed by atoms with Crippen molar-refractivity contribution < 1.29 is 24.0 Å². The summed E-state index contributed by atoms with van der Waals surface area (Å²) in [5.41, 5.74) is -0.765. The zero-order valence-electron chi connectivity index (χ0n) is 10.2. The number of ether oxygens (including phenoxy) is 1. The summed E-state index contributed by atoms with van der Waals surface area (Å²) in [7, 11) is 0. The molecule has 6 nitrogen and oxygen atoms in total. The van der Waals surface area contributed by atoms with E-state index < -0.39 is 16.7 Å². The average Bonchev–Trinajstić information content (AvgIpc) is 2.43. The number of non-ortho nitro benzene ring substituents is 1. The molecule has 2 rings (SSSR count). The van der Waals surface area contributed by atoms with E-state index in [-0.39, 0.29) is 27.2 Å². The van der Waals surface area contributed by atoms with E-state index in [0.29, 0.717) is 0 Å². The Hall–Kier alpha value is -2.48. The molecule has 1 N–H and O–H groups in total. The predicted molar refractivity (Wildman–Crippen MR) is 74.2 cm³/mol. The van der Waals surface area contributed by atoms with Gasteiger partial charge in [0.25, 0.3) is 5.69 Å². The van der Waals surface area contributed by atoms with E-state index in [1.165, 1.54) is 18.2 Å². The van der Waals surface area contributed by atoms with Crippen LogP contribution in [0.25, 0.3) is 0 Å². The molecule has 0 saturated carbocycles.